The fourth-order valence-electron chi connectivity index (χ4n) is 2.01. The van der Waals surface area contributed by atoms with E-state index in [2.05, 4.69) is 17.6 Å². The summed E-state index contributed by atoms with van der Waals surface area (Å²) < 4.78 is 4.77. The normalized spacial score (nSPS) is 11.8. The van der Waals surface area contributed by atoms with Gasteiger partial charge in [-0.15, -0.1) is 0 Å². The Kier molecular flexibility index (Phi) is 7.46. The number of amides is 2. The van der Waals surface area contributed by atoms with Crippen LogP contribution >= 0.6 is 0 Å². The second-order valence-corrected chi connectivity index (χ2v) is 5.09. The third kappa shape index (κ3) is 6.40. The number of carbonyl (C=O) groups is 2. The van der Waals surface area contributed by atoms with Crippen LogP contribution in [0, 0.1) is 5.92 Å². The van der Waals surface area contributed by atoms with Gasteiger partial charge in [0.05, 0.1) is 0 Å². The SMILES string of the molecule is CCCC(C)C(=O)NCc1cccc(NC(=O)COC)c1. The van der Waals surface area contributed by atoms with Gasteiger partial charge in [0.25, 0.3) is 0 Å². The molecule has 1 aromatic carbocycles. The molecule has 116 valence electrons. The fourth-order valence-corrected chi connectivity index (χ4v) is 2.01. The summed E-state index contributed by atoms with van der Waals surface area (Å²) in [4.78, 5) is 23.3. The Bertz CT molecular complexity index is 474. The first-order chi connectivity index (χ1) is 10.1. The molecule has 2 amide bonds. The first-order valence-corrected chi connectivity index (χ1v) is 7.22. The third-order valence-corrected chi connectivity index (χ3v) is 3.12. The lowest BCUT2D eigenvalue weighted by molar-refractivity contribution is -0.125. The first-order valence-electron chi connectivity index (χ1n) is 7.22. The zero-order valence-corrected chi connectivity index (χ0v) is 12.9. The molecule has 1 rings (SSSR count). The molecular formula is C16H24N2O3. The highest BCUT2D eigenvalue weighted by atomic mass is 16.5. The largest absolute Gasteiger partial charge is 0.375 e. The molecule has 0 bridgehead atoms. The molecule has 5 heteroatoms. The number of rotatable bonds is 8. The summed E-state index contributed by atoms with van der Waals surface area (Å²) in [6.45, 7) is 4.48. The number of benzene rings is 1. The second-order valence-electron chi connectivity index (χ2n) is 5.09. The van der Waals surface area contributed by atoms with Crippen LogP contribution in [-0.2, 0) is 20.9 Å². The zero-order valence-electron chi connectivity index (χ0n) is 12.9. The molecule has 21 heavy (non-hydrogen) atoms. The number of methoxy groups -OCH3 is 1. The van der Waals surface area contributed by atoms with Gasteiger partial charge in [-0.2, -0.15) is 0 Å². The minimum Gasteiger partial charge on any atom is -0.375 e. The van der Waals surface area contributed by atoms with Crippen LogP contribution in [0.15, 0.2) is 24.3 Å². The second kappa shape index (κ2) is 9.13. The van der Waals surface area contributed by atoms with Crippen LogP contribution in [0.25, 0.3) is 0 Å². The predicted molar refractivity (Wildman–Crippen MR) is 82.9 cm³/mol. The molecule has 0 aliphatic rings. The molecule has 0 aliphatic carbocycles. The fraction of sp³-hybridized carbons (Fsp3) is 0.500. The third-order valence-electron chi connectivity index (χ3n) is 3.12. The molecule has 5 nitrogen and oxygen atoms in total. The lowest BCUT2D eigenvalue weighted by Gasteiger charge is -2.12. The quantitative estimate of drug-likeness (QED) is 0.772. The summed E-state index contributed by atoms with van der Waals surface area (Å²) in [6, 6.07) is 7.41. The summed E-state index contributed by atoms with van der Waals surface area (Å²) in [5.74, 6) is -0.111. The van der Waals surface area contributed by atoms with E-state index in [0.29, 0.717) is 12.2 Å². The van der Waals surface area contributed by atoms with E-state index in [0.717, 1.165) is 18.4 Å². The number of hydrogen-bond acceptors (Lipinski definition) is 3. The molecule has 0 fully saturated rings. The molecule has 0 aromatic heterocycles. The minimum absolute atomic E-state index is 0.0233. The van der Waals surface area contributed by atoms with Crippen LogP contribution < -0.4 is 10.6 Å². The molecule has 1 atom stereocenters. The topological polar surface area (TPSA) is 67.4 Å². The van der Waals surface area contributed by atoms with Gasteiger partial charge in [-0.25, -0.2) is 0 Å². The standard InChI is InChI=1S/C16H24N2O3/c1-4-6-12(2)16(20)17-10-13-7-5-8-14(9-13)18-15(19)11-21-3/h5,7-9,12H,4,6,10-11H2,1-3H3,(H,17,20)(H,18,19). The van der Waals surface area contributed by atoms with Gasteiger partial charge in [0.1, 0.15) is 6.61 Å². The molecule has 0 saturated carbocycles. The smallest absolute Gasteiger partial charge is 0.250 e. The summed E-state index contributed by atoms with van der Waals surface area (Å²) in [7, 11) is 1.48. The van der Waals surface area contributed by atoms with E-state index in [1.807, 2.05) is 25.1 Å². The lowest BCUT2D eigenvalue weighted by Crippen LogP contribution is -2.28. The molecule has 1 unspecified atom stereocenters. The van der Waals surface area contributed by atoms with Gasteiger partial charge in [0, 0.05) is 25.3 Å². The van der Waals surface area contributed by atoms with Crippen LogP contribution in [0.1, 0.15) is 32.3 Å². The van der Waals surface area contributed by atoms with Crippen molar-refractivity contribution in [3.8, 4) is 0 Å². The number of ether oxygens (including phenoxy) is 1. The van der Waals surface area contributed by atoms with Crippen LogP contribution in [0.4, 0.5) is 5.69 Å². The van der Waals surface area contributed by atoms with Crippen molar-refractivity contribution >= 4 is 17.5 Å². The number of anilines is 1. The Balaban J connectivity index is 2.52. The van der Waals surface area contributed by atoms with Gasteiger partial charge in [-0.05, 0) is 24.1 Å². The molecule has 0 heterocycles. The van der Waals surface area contributed by atoms with Crippen molar-refractivity contribution in [3.63, 3.8) is 0 Å². The van der Waals surface area contributed by atoms with Crippen molar-refractivity contribution in [2.45, 2.75) is 33.2 Å². The van der Waals surface area contributed by atoms with Gasteiger partial charge < -0.3 is 15.4 Å². The summed E-state index contributed by atoms with van der Waals surface area (Å²) in [5, 5.41) is 5.65. The molecule has 2 N–H and O–H groups in total. The predicted octanol–water partition coefficient (Wildman–Crippen LogP) is 2.32. The maximum atomic E-state index is 11.9. The average molecular weight is 292 g/mol. The Morgan fingerprint density at radius 1 is 1.33 bits per heavy atom. The molecule has 0 aliphatic heterocycles. The molecular weight excluding hydrogens is 268 g/mol. The van der Waals surface area contributed by atoms with Crippen molar-refractivity contribution in [3.05, 3.63) is 29.8 Å². The van der Waals surface area contributed by atoms with Gasteiger partial charge in [-0.1, -0.05) is 32.4 Å². The van der Waals surface area contributed by atoms with Crippen molar-refractivity contribution in [2.24, 2.45) is 5.92 Å². The van der Waals surface area contributed by atoms with E-state index >= 15 is 0 Å². The van der Waals surface area contributed by atoms with Crippen molar-refractivity contribution in [1.29, 1.82) is 0 Å². The summed E-state index contributed by atoms with van der Waals surface area (Å²) in [6.07, 6.45) is 1.88. The first kappa shape index (κ1) is 17.2. The van der Waals surface area contributed by atoms with Crippen LogP contribution in [-0.4, -0.2) is 25.5 Å². The monoisotopic (exact) mass is 292 g/mol. The van der Waals surface area contributed by atoms with E-state index < -0.39 is 0 Å². The highest BCUT2D eigenvalue weighted by Crippen LogP contribution is 2.11. The Labute approximate surface area is 126 Å². The van der Waals surface area contributed by atoms with Crippen LogP contribution in [0.3, 0.4) is 0 Å². The van der Waals surface area contributed by atoms with E-state index in [1.54, 1.807) is 6.07 Å². The van der Waals surface area contributed by atoms with Gasteiger partial charge in [-0.3, -0.25) is 9.59 Å². The highest BCUT2D eigenvalue weighted by molar-refractivity contribution is 5.91. The summed E-state index contributed by atoms with van der Waals surface area (Å²) >= 11 is 0. The summed E-state index contributed by atoms with van der Waals surface area (Å²) in [5.41, 5.74) is 1.65. The van der Waals surface area contributed by atoms with Crippen LogP contribution in [0.5, 0.6) is 0 Å². The maximum Gasteiger partial charge on any atom is 0.250 e. The lowest BCUT2D eigenvalue weighted by atomic mass is 10.1. The van der Waals surface area contributed by atoms with Gasteiger partial charge in [0.15, 0.2) is 0 Å². The maximum absolute atomic E-state index is 11.9. The molecule has 0 saturated heterocycles. The van der Waals surface area contributed by atoms with E-state index in [4.69, 9.17) is 4.74 Å². The Morgan fingerprint density at radius 2 is 2.10 bits per heavy atom. The van der Waals surface area contributed by atoms with E-state index in [-0.39, 0.29) is 24.3 Å². The van der Waals surface area contributed by atoms with Gasteiger partial charge >= 0.3 is 0 Å². The number of hydrogen-bond donors (Lipinski definition) is 2. The highest BCUT2D eigenvalue weighted by Gasteiger charge is 2.11. The number of nitrogens with one attached hydrogen (secondary N) is 2. The Morgan fingerprint density at radius 3 is 2.76 bits per heavy atom. The average Bonchev–Trinajstić information content (AvgIpc) is 2.45. The zero-order chi connectivity index (χ0) is 15.7. The number of carbonyl (C=O) groups excluding carboxylic acids is 2. The molecule has 0 spiro atoms. The minimum atomic E-state index is -0.199. The molecule has 1 aromatic rings. The Hall–Kier alpha value is -1.88. The van der Waals surface area contributed by atoms with Crippen molar-refractivity contribution in [1.82, 2.24) is 5.32 Å². The van der Waals surface area contributed by atoms with Gasteiger partial charge in [0.2, 0.25) is 11.8 Å². The van der Waals surface area contributed by atoms with Crippen molar-refractivity contribution < 1.29 is 14.3 Å². The van der Waals surface area contributed by atoms with Crippen molar-refractivity contribution in [2.75, 3.05) is 19.0 Å². The van der Waals surface area contributed by atoms with E-state index in [9.17, 15) is 9.59 Å². The van der Waals surface area contributed by atoms with E-state index in [1.165, 1.54) is 7.11 Å². The molecule has 0 radical (unpaired) electrons. The van der Waals surface area contributed by atoms with Crippen LogP contribution in [0.2, 0.25) is 0 Å².